The Kier molecular flexibility index (Phi) is 4.79. The molecule has 150 valence electrons. The van der Waals surface area contributed by atoms with Crippen LogP contribution >= 0.6 is 0 Å². The average Bonchev–Trinajstić information content (AvgIpc) is 3.36. The van der Waals surface area contributed by atoms with Crippen LogP contribution in [0, 0.1) is 18.8 Å². The summed E-state index contributed by atoms with van der Waals surface area (Å²) in [5, 5.41) is 16.8. The largest absolute Gasteiger partial charge is 0.366 e. The van der Waals surface area contributed by atoms with Gasteiger partial charge in [0.25, 0.3) is 0 Å². The average molecular weight is 389 g/mol. The molecule has 0 unspecified atom stereocenters. The maximum atomic E-state index is 4.43. The third-order valence-electron chi connectivity index (χ3n) is 6.46. The Bertz CT molecular complexity index is 931. The van der Waals surface area contributed by atoms with Gasteiger partial charge in [0.1, 0.15) is 11.5 Å². The van der Waals surface area contributed by atoms with E-state index in [0.717, 1.165) is 41.1 Å². The quantitative estimate of drug-likeness (QED) is 0.725. The number of likely N-dealkylation sites (tertiary alicyclic amines) is 1. The molecule has 1 N–H and O–H groups in total. The van der Waals surface area contributed by atoms with Crippen molar-refractivity contribution in [2.45, 2.75) is 32.4 Å². The first-order valence-electron chi connectivity index (χ1n) is 10.5. The van der Waals surface area contributed by atoms with Crippen LogP contribution in [0.5, 0.6) is 0 Å². The second-order valence-corrected chi connectivity index (χ2v) is 8.62. The van der Waals surface area contributed by atoms with Crippen molar-refractivity contribution < 1.29 is 0 Å². The highest BCUT2D eigenvalue weighted by atomic mass is 15.3. The second kappa shape index (κ2) is 7.59. The lowest BCUT2D eigenvalue weighted by molar-refractivity contribution is 0.301. The zero-order valence-corrected chi connectivity index (χ0v) is 17.1. The van der Waals surface area contributed by atoms with Gasteiger partial charge in [0, 0.05) is 32.7 Å². The lowest BCUT2D eigenvalue weighted by atomic mass is 10.0. The highest BCUT2D eigenvalue weighted by molar-refractivity contribution is 5.59. The molecule has 1 saturated heterocycles. The van der Waals surface area contributed by atoms with E-state index in [4.69, 9.17) is 0 Å². The van der Waals surface area contributed by atoms with Gasteiger partial charge in [-0.25, -0.2) is 0 Å². The van der Waals surface area contributed by atoms with E-state index in [1.807, 2.05) is 30.1 Å². The van der Waals surface area contributed by atoms with Gasteiger partial charge in [-0.15, -0.1) is 10.2 Å². The predicted molar refractivity (Wildman–Crippen MR) is 114 cm³/mol. The Morgan fingerprint density at radius 3 is 2.38 bits per heavy atom. The number of nitrogens with zero attached hydrogens (tertiary/aromatic N) is 5. The van der Waals surface area contributed by atoms with Crippen molar-refractivity contribution in [1.82, 2.24) is 24.9 Å². The summed E-state index contributed by atoms with van der Waals surface area (Å²) in [7, 11) is 1.94. The third kappa shape index (κ3) is 3.77. The maximum absolute atomic E-state index is 4.43. The van der Waals surface area contributed by atoms with Gasteiger partial charge in [0.15, 0.2) is 0 Å². The van der Waals surface area contributed by atoms with Crippen molar-refractivity contribution in [3.8, 4) is 11.4 Å². The molecule has 29 heavy (non-hydrogen) atoms. The van der Waals surface area contributed by atoms with E-state index in [2.05, 4.69) is 62.8 Å². The second-order valence-electron chi connectivity index (χ2n) is 8.62. The normalized spacial score (nSPS) is 24.0. The summed E-state index contributed by atoms with van der Waals surface area (Å²) in [6, 6.07) is 15.4. The number of benzene rings is 1. The van der Waals surface area contributed by atoms with E-state index < -0.39 is 0 Å². The predicted octanol–water partition coefficient (Wildman–Crippen LogP) is 3.51. The van der Waals surface area contributed by atoms with Crippen LogP contribution < -0.4 is 5.32 Å². The molecule has 5 rings (SSSR count). The molecular weight excluding hydrogens is 360 g/mol. The first kappa shape index (κ1) is 18.3. The highest BCUT2D eigenvalue weighted by Gasteiger charge is 2.40. The molecule has 0 amide bonds. The number of aryl methyl sites for hydroxylation is 2. The van der Waals surface area contributed by atoms with Crippen molar-refractivity contribution in [1.29, 1.82) is 0 Å². The Balaban J connectivity index is 1.17. The van der Waals surface area contributed by atoms with Crippen LogP contribution in [0.2, 0.25) is 0 Å². The van der Waals surface area contributed by atoms with E-state index in [0.29, 0.717) is 6.04 Å². The zero-order valence-electron chi connectivity index (χ0n) is 17.1. The molecule has 1 saturated carbocycles. The SMILES string of the molecule is Cc1cnn(C)c1-c1ccc(N[C@H]2C[C@@H]3CN(Cc4ccccc4)C[C@@H]3C2)nn1. The van der Waals surface area contributed by atoms with Crippen molar-refractivity contribution in [3.63, 3.8) is 0 Å². The fraction of sp³-hybridized carbons (Fsp3) is 0.435. The molecule has 6 nitrogen and oxygen atoms in total. The number of nitrogens with one attached hydrogen (secondary N) is 1. The molecule has 6 heteroatoms. The van der Waals surface area contributed by atoms with Crippen LogP contribution in [0.4, 0.5) is 5.82 Å². The molecule has 1 aliphatic heterocycles. The smallest absolute Gasteiger partial charge is 0.148 e. The molecule has 2 fully saturated rings. The van der Waals surface area contributed by atoms with E-state index in [-0.39, 0.29) is 0 Å². The summed E-state index contributed by atoms with van der Waals surface area (Å²) in [4.78, 5) is 2.62. The number of anilines is 1. The molecule has 0 bridgehead atoms. The Morgan fingerprint density at radius 1 is 1.00 bits per heavy atom. The first-order chi connectivity index (χ1) is 14.2. The van der Waals surface area contributed by atoms with E-state index in [1.54, 1.807) is 0 Å². The number of hydrogen-bond acceptors (Lipinski definition) is 5. The lowest BCUT2D eigenvalue weighted by Crippen LogP contribution is -2.25. The maximum Gasteiger partial charge on any atom is 0.148 e. The van der Waals surface area contributed by atoms with Gasteiger partial charge in [0.05, 0.1) is 11.9 Å². The van der Waals surface area contributed by atoms with Gasteiger partial charge >= 0.3 is 0 Å². The molecule has 3 aromatic rings. The Labute approximate surface area is 172 Å². The summed E-state index contributed by atoms with van der Waals surface area (Å²) in [5.41, 5.74) is 4.43. The Morgan fingerprint density at radius 2 is 1.76 bits per heavy atom. The van der Waals surface area contributed by atoms with Gasteiger partial charge in [-0.3, -0.25) is 9.58 Å². The van der Waals surface area contributed by atoms with Gasteiger partial charge in [-0.05, 0) is 54.9 Å². The number of rotatable bonds is 5. The topological polar surface area (TPSA) is 58.9 Å². The van der Waals surface area contributed by atoms with E-state index in [1.165, 1.54) is 31.5 Å². The monoisotopic (exact) mass is 388 g/mol. The van der Waals surface area contributed by atoms with Gasteiger partial charge in [-0.2, -0.15) is 5.10 Å². The zero-order chi connectivity index (χ0) is 19.8. The summed E-state index contributed by atoms with van der Waals surface area (Å²) in [5.74, 6) is 2.46. The fourth-order valence-corrected chi connectivity index (χ4v) is 5.15. The summed E-state index contributed by atoms with van der Waals surface area (Å²) in [6.07, 6.45) is 4.31. The van der Waals surface area contributed by atoms with Crippen LogP contribution in [0.25, 0.3) is 11.4 Å². The number of fused-ring (bicyclic) bond motifs is 1. The third-order valence-corrected chi connectivity index (χ3v) is 6.46. The first-order valence-corrected chi connectivity index (χ1v) is 10.5. The van der Waals surface area contributed by atoms with E-state index >= 15 is 0 Å². The summed E-state index contributed by atoms with van der Waals surface area (Å²) >= 11 is 0. The minimum absolute atomic E-state index is 0.502. The van der Waals surface area contributed by atoms with Gasteiger partial charge in [0.2, 0.25) is 0 Å². The van der Waals surface area contributed by atoms with Gasteiger partial charge in [-0.1, -0.05) is 30.3 Å². The minimum Gasteiger partial charge on any atom is -0.366 e. The molecule has 0 spiro atoms. The number of hydrogen-bond donors (Lipinski definition) is 1. The molecule has 1 aromatic carbocycles. The summed E-state index contributed by atoms with van der Waals surface area (Å²) in [6.45, 7) is 5.55. The lowest BCUT2D eigenvalue weighted by Gasteiger charge is -2.20. The van der Waals surface area contributed by atoms with Crippen molar-refractivity contribution in [3.05, 3.63) is 59.8 Å². The molecular formula is C23H28N6. The Hall–Kier alpha value is -2.73. The molecule has 2 aromatic heterocycles. The van der Waals surface area contributed by atoms with Crippen LogP contribution in [0.3, 0.4) is 0 Å². The molecule has 1 aliphatic carbocycles. The summed E-state index contributed by atoms with van der Waals surface area (Å²) < 4.78 is 1.85. The van der Waals surface area contributed by atoms with Crippen molar-refractivity contribution in [2.75, 3.05) is 18.4 Å². The number of aromatic nitrogens is 4. The molecule has 2 aliphatic rings. The van der Waals surface area contributed by atoms with Gasteiger partial charge < -0.3 is 5.32 Å². The molecule has 3 heterocycles. The highest BCUT2D eigenvalue weighted by Crippen LogP contribution is 2.39. The standard InChI is InChI=1S/C23H28N6/c1-16-12-24-28(2)23(16)21-8-9-22(27-26-21)25-20-10-18-14-29(15-19(18)11-20)13-17-6-4-3-5-7-17/h3-9,12,18-20H,10-11,13-15H2,1-2H3,(H,25,27)/t18-,19+,20+. The fourth-order valence-electron chi connectivity index (χ4n) is 5.15. The van der Waals surface area contributed by atoms with Crippen LogP contribution in [0.15, 0.2) is 48.7 Å². The van der Waals surface area contributed by atoms with Crippen LogP contribution in [-0.4, -0.2) is 44.0 Å². The molecule has 0 radical (unpaired) electrons. The van der Waals surface area contributed by atoms with Crippen molar-refractivity contribution in [2.24, 2.45) is 18.9 Å². The van der Waals surface area contributed by atoms with Crippen LogP contribution in [-0.2, 0) is 13.6 Å². The van der Waals surface area contributed by atoms with E-state index in [9.17, 15) is 0 Å². The van der Waals surface area contributed by atoms with Crippen LogP contribution in [0.1, 0.15) is 24.0 Å². The van der Waals surface area contributed by atoms with Crippen molar-refractivity contribution >= 4 is 5.82 Å². The minimum atomic E-state index is 0.502. The molecule has 3 atom stereocenters.